The van der Waals surface area contributed by atoms with E-state index < -0.39 is 0 Å². The van der Waals surface area contributed by atoms with Crippen molar-refractivity contribution in [3.63, 3.8) is 0 Å². The van der Waals surface area contributed by atoms with E-state index in [-0.39, 0.29) is 6.07 Å². The molecule has 0 bridgehead atoms. The van der Waals surface area contributed by atoms with Gasteiger partial charge in [-0.1, -0.05) is 21.2 Å². The lowest BCUT2D eigenvalue weighted by atomic mass is 10.9. The molecule has 0 saturated heterocycles. The molecule has 0 aliphatic rings. The number of nitrogens with zero attached hydrogens (tertiary/aromatic N) is 2. The summed E-state index contributed by atoms with van der Waals surface area (Å²) < 4.78 is 8.30. The summed E-state index contributed by atoms with van der Waals surface area (Å²) in [7, 11) is 0. The number of hydrogen-bond donors (Lipinski definition) is 0. The van der Waals surface area contributed by atoms with Gasteiger partial charge >= 0.3 is 0 Å². The van der Waals surface area contributed by atoms with Crippen molar-refractivity contribution in [2.24, 2.45) is 0 Å². The highest BCUT2D eigenvalue weighted by Crippen LogP contribution is 2.05. The Kier molecular flexibility index (Phi) is 2.05. The van der Waals surface area contributed by atoms with Gasteiger partial charge in [-0.15, -0.1) is 0 Å². The Morgan fingerprint density at radius 2 is 2.75 bits per heavy atom. The lowest BCUT2D eigenvalue weighted by Crippen LogP contribution is -1.87. The van der Waals surface area contributed by atoms with Crippen LogP contribution in [0.2, 0.25) is 0 Å². The van der Waals surface area contributed by atoms with Crippen LogP contribution >= 0.6 is 23.1 Å². The molecule has 0 N–H and O–H groups in total. The van der Waals surface area contributed by atoms with Crippen molar-refractivity contribution in [3.8, 4) is 5.88 Å². The van der Waals surface area contributed by atoms with E-state index in [1.54, 1.807) is 5.38 Å². The Balaban J connectivity index is 2.50. The van der Waals surface area contributed by atoms with Crippen LogP contribution < -0.4 is 4.74 Å². The van der Waals surface area contributed by atoms with Gasteiger partial charge in [0.25, 0.3) is 0 Å². The Morgan fingerprint density at radius 1 is 1.88 bits per heavy atom. The summed E-state index contributed by atoms with van der Waals surface area (Å²) in [5.74, 6) is 0.491. The van der Waals surface area contributed by atoms with Gasteiger partial charge in [-0.05, 0) is 11.5 Å². The molecule has 1 aromatic rings. The summed E-state index contributed by atoms with van der Waals surface area (Å²) in [4.78, 5) is 0. The highest BCUT2D eigenvalue weighted by Gasteiger charge is 1.91. The molecule has 0 fully saturated rings. The zero-order chi connectivity index (χ0) is 5.82. The van der Waals surface area contributed by atoms with Crippen molar-refractivity contribution in [2.45, 2.75) is 0 Å². The standard InChI is InChI=1S/C3H3ClN2OS/c4-2-7-3-1-8-6-5-3/h1H,2H2. The first kappa shape index (κ1) is 5.78. The molecule has 0 aliphatic heterocycles. The summed E-state index contributed by atoms with van der Waals surface area (Å²) in [6.07, 6.45) is 0. The van der Waals surface area contributed by atoms with E-state index in [0.29, 0.717) is 5.88 Å². The van der Waals surface area contributed by atoms with Crippen molar-refractivity contribution in [1.82, 2.24) is 9.59 Å². The van der Waals surface area contributed by atoms with Gasteiger partial charge in [0.2, 0.25) is 5.88 Å². The molecule has 0 amide bonds. The number of ether oxygens (including phenoxy) is 1. The average molecular weight is 151 g/mol. The van der Waals surface area contributed by atoms with Crippen molar-refractivity contribution in [2.75, 3.05) is 6.07 Å². The van der Waals surface area contributed by atoms with Gasteiger partial charge in [-0.3, -0.25) is 0 Å². The first-order chi connectivity index (χ1) is 3.93. The van der Waals surface area contributed by atoms with Gasteiger partial charge in [0.05, 0.1) is 5.38 Å². The predicted octanol–water partition coefficient (Wildman–Crippen LogP) is 1.11. The topological polar surface area (TPSA) is 35.0 Å². The summed E-state index contributed by atoms with van der Waals surface area (Å²) >= 11 is 6.44. The van der Waals surface area contributed by atoms with Crippen molar-refractivity contribution < 1.29 is 4.74 Å². The maximum atomic E-state index is 5.21. The molecule has 0 radical (unpaired) electrons. The maximum Gasteiger partial charge on any atom is 0.247 e. The molecule has 0 unspecified atom stereocenters. The van der Waals surface area contributed by atoms with Crippen LogP contribution in [0.1, 0.15) is 0 Å². The van der Waals surface area contributed by atoms with Crippen LogP contribution in [0, 0.1) is 0 Å². The first-order valence-electron chi connectivity index (χ1n) is 1.89. The molecule has 0 spiro atoms. The highest BCUT2D eigenvalue weighted by atomic mass is 35.5. The van der Waals surface area contributed by atoms with Crippen LogP contribution in [0.4, 0.5) is 0 Å². The van der Waals surface area contributed by atoms with Crippen molar-refractivity contribution in [1.29, 1.82) is 0 Å². The monoisotopic (exact) mass is 150 g/mol. The maximum absolute atomic E-state index is 5.21. The lowest BCUT2D eigenvalue weighted by Gasteiger charge is -1.89. The number of alkyl halides is 1. The zero-order valence-corrected chi connectivity index (χ0v) is 5.45. The van der Waals surface area contributed by atoms with Gasteiger partial charge in [0, 0.05) is 0 Å². The minimum Gasteiger partial charge on any atom is -0.460 e. The fourth-order valence-corrected chi connectivity index (χ4v) is 0.767. The van der Waals surface area contributed by atoms with E-state index in [4.69, 9.17) is 16.3 Å². The lowest BCUT2D eigenvalue weighted by molar-refractivity contribution is 0.371. The average Bonchev–Trinajstić information content (AvgIpc) is 2.19. The molecule has 0 aliphatic carbocycles. The molecule has 1 rings (SSSR count). The Bertz CT molecular complexity index is 143. The number of hydrogen-bond acceptors (Lipinski definition) is 4. The summed E-state index contributed by atoms with van der Waals surface area (Å²) in [6.45, 7) is 0. The third kappa shape index (κ3) is 1.31. The van der Waals surface area contributed by atoms with Gasteiger partial charge in [-0.25, -0.2) is 0 Å². The first-order valence-corrected chi connectivity index (χ1v) is 3.26. The molecule has 1 heterocycles. The fraction of sp³-hybridized carbons (Fsp3) is 0.333. The van der Waals surface area contributed by atoms with Crippen LogP contribution in [0.3, 0.4) is 0 Å². The predicted molar refractivity (Wildman–Crippen MR) is 31.3 cm³/mol. The van der Waals surface area contributed by atoms with Crippen LogP contribution in [0.5, 0.6) is 5.88 Å². The number of halogens is 1. The van der Waals surface area contributed by atoms with Gasteiger partial charge in [0.15, 0.2) is 6.07 Å². The van der Waals surface area contributed by atoms with E-state index in [1.165, 1.54) is 11.5 Å². The molecular weight excluding hydrogens is 148 g/mol. The molecule has 1 aromatic heterocycles. The normalized spacial score (nSPS) is 9.12. The van der Waals surface area contributed by atoms with Crippen LogP contribution in [-0.4, -0.2) is 15.7 Å². The molecular formula is C3H3ClN2OS. The molecule has 8 heavy (non-hydrogen) atoms. The smallest absolute Gasteiger partial charge is 0.247 e. The Morgan fingerprint density at radius 3 is 3.25 bits per heavy atom. The molecule has 0 saturated carbocycles. The zero-order valence-electron chi connectivity index (χ0n) is 3.87. The van der Waals surface area contributed by atoms with E-state index in [2.05, 4.69) is 9.59 Å². The van der Waals surface area contributed by atoms with Crippen molar-refractivity contribution >= 4 is 23.1 Å². The quantitative estimate of drug-likeness (QED) is 0.593. The number of aromatic nitrogens is 2. The van der Waals surface area contributed by atoms with E-state index in [0.717, 1.165) is 0 Å². The minimum atomic E-state index is 0.130. The number of rotatable bonds is 2. The molecule has 44 valence electrons. The van der Waals surface area contributed by atoms with Crippen LogP contribution in [0.15, 0.2) is 5.38 Å². The van der Waals surface area contributed by atoms with E-state index in [1.807, 2.05) is 0 Å². The molecule has 5 heteroatoms. The van der Waals surface area contributed by atoms with Gasteiger partial charge in [0.1, 0.15) is 0 Å². The minimum absolute atomic E-state index is 0.130. The van der Waals surface area contributed by atoms with Gasteiger partial charge in [-0.2, -0.15) is 0 Å². The largest absolute Gasteiger partial charge is 0.460 e. The fourth-order valence-electron chi connectivity index (χ4n) is 0.275. The highest BCUT2D eigenvalue weighted by molar-refractivity contribution is 7.03. The van der Waals surface area contributed by atoms with Crippen LogP contribution in [0.25, 0.3) is 0 Å². The van der Waals surface area contributed by atoms with E-state index in [9.17, 15) is 0 Å². The summed E-state index contributed by atoms with van der Waals surface area (Å²) in [5.41, 5.74) is 0. The second kappa shape index (κ2) is 2.84. The van der Waals surface area contributed by atoms with Gasteiger partial charge < -0.3 is 4.74 Å². The summed E-state index contributed by atoms with van der Waals surface area (Å²) in [6, 6.07) is 0.130. The van der Waals surface area contributed by atoms with E-state index >= 15 is 0 Å². The molecule has 3 nitrogen and oxygen atoms in total. The van der Waals surface area contributed by atoms with Crippen LogP contribution in [-0.2, 0) is 0 Å². The summed E-state index contributed by atoms with van der Waals surface area (Å²) in [5, 5.41) is 5.25. The molecule has 0 atom stereocenters. The Hall–Kier alpha value is -0.350. The third-order valence-electron chi connectivity index (χ3n) is 0.542. The third-order valence-corrected chi connectivity index (χ3v) is 1.13. The SMILES string of the molecule is ClCOc1csnn1. The second-order valence-corrected chi connectivity index (χ2v) is 1.82. The van der Waals surface area contributed by atoms with Crippen molar-refractivity contribution in [3.05, 3.63) is 5.38 Å². The Labute approximate surface area is 55.4 Å². The second-order valence-electron chi connectivity index (χ2n) is 0.997. The molecule has 0 aromatic carbocycles.